The summed E-state index contributed by atoms with van der Waals surface area (Å²) < 4.78 is 4.91. The molecule has 112 valence electrons. The van der Waals surface area contributed by atoms with Crippen molar-refractivity contribution in [1.29, 1.82) is 0 Å². The van der Waals surface area contributed by atoms with E-state index in [4.69, 9.17) is 16.3 Å². The Labute approximate surface area is 131 Å². The standard InChI is InChI=1S/C14H14ClNO4S/c1-20-6-2-5-16-13(18)12(21-14(16)19)8-9-3-4-11(17)10(15)7-9/h3-4,7-8,17H,2,5-6H2,1H3/b12-8-. The fourth-order valence-electron chi connectivity index (χ4n) is 1.82. The SMILES string of the molecule is COCCCN1C(=O)S/C(=C\c2ccc(O)c(Cl)c2)C1=O. The lowest BCUT2D eigenvalue weighted by molar-refractivity contribution is -0.122. The van der Waals surface area contributed by atoms with Crippen molar-refractivity contribution in [2.45, 2.75) is 6.42 Å². The summed E-state index contributed by atoms with van der Waals surface area (Å²) in [5.74, 6) is -0.341. The van der Waals surface area contributed by atoms with Crippen LogP contribution in [0.1, 0.15) is 12.0 Å². The van der Waals surface area contributed by atoms with Gasteiger partial charge in [-0.1, -0.05) is 17.7 Å². The number of carbonyl (C=O) groups is 2. The van der Waals surface area contributed by atoms with Gasteiger partial charge in [-0.2, -0.15) is 0 Å². The van der Waals surface area contributed by atoms with Gasteiger partial charge in [0.15, 0.2) is 0 Å². The van der Waals surface area contributed by atoms with Gasteiger partial charge >= 0.3 is 0 Å². The van der Waals surface area contributed by atoms with Gasteiger partial charge in [-0.25, -0.2) is 0 Å². The van der Waals surface area contributed by atoms with Gasteiger partial charge in [0.05, 0.1) is 9.93 Å². The number of thioether (sulfide) groups is 1. The van der Waals surface area contributed by atoms with Crippen LogP contribution in [0.25, 0.3) is 6.08 Å². The van der Waals surface area contributed by atoms with Crippen molar-refractivity contribution in [3.63, 3.8) is 0 Å². The van der Waals surface area contributed by atoms with E-state index in [2.05, 4.69) is 0 Å². The number of phenols is 1. The zero-order chi connectivity index (χ0) is 15.4. The summed E-state index contributed by atoms with van der Waals surface area (Å²) in [7, 11) is 1.57. The lowest BCUT2D eigenvalue weighted by atomic mass is 10.2. The minimum absolute atomic E-state index is 0.0264. The Bertz CT molecular complexity index is 603. The molecule has 2 amide bonds. The van der Waals surface area contributed by atoms with Gasteiger partial charge in [0.1, 0.15) is 5.75 Å². The van der Waals surface area contributed by atoms with Crippen molar-refractivity contribution in [3.05, 3.63) is 33.7 Å². The van der Waals surface area contributed by atoms with Crippen LogP contribution in [0.4, 0.5) is 4.79 Å². The number of nitrogens with zero attached hydrogens (tertiary/aromatic N) is 1. The van der Waals surface area contributed by atoms with Crippen molar-refractivity contribution in [3.8, 4) is 5.75 Å². The average Bonchev–Trinajstić information content (AvgIpc) is 2.70. The first kappa shape index (κ1) is 15.9. The number of ether oxygens (including phenoxy) is 1. The molecule has 1 aliphatic heterocycles. The molecule has 5 nitrogen and oxygen atoms in total. The molecule has 1 aliphatic rings. The molecule has 1 heterocycles. The van der Waals surface area contributed by atoms with Crippen LogP contribution in [-0.2, 0) is 9.53 Å². The van der Waals surface area contributed by atoms with Crippen LogP contribution >= 0.6 is 23.4 Å². The zero-order valence-corrected chi connectivity index (χ0v) is 12.9. The van der Waals surface area contributed by atoms with Crippen molar-refractivity contribution < 1.29 is 19.4 Å². The first-order chi connectivity index (χ1) is 10.0. The van der Waals surface area contributed by atoms with Crippen LogP contribution < -0.4 is 0 Å². The van der Waals surface area contributed by atoms with E-state index >= 15 is 0 Å². The molecule has 0 radical (unpaired) electrons. The maximum absolute atomic E-state index is 12.2. The van der Waals surface area contributed by atoms with Gasteiger partial charge in [-0.3, -0.25) is 14.5 Å². The third-order valence-corrected chi connectivity index (χ3v) is 4.08. The molecule has 1 aromatic carbocycles. The van der Waals surface area contributed by atoms with Crippen LogP contribution in [0, 0.1) is 0 Å². The molecular weight excluding hydrogens is 314 g/mol. The molecule has 0 aromatic heterocycles. The van der Waals surface area contributed by atoms with Crippen LogP contribution in [0.2, 0.25) is 5.02 Å². The molecule has 1 N–H and O–H groups in total. The number of hydrogen-bond donors (Lipinski definition) is 1. The quantitative estimate of drug-likeness (QED) is 0.665. The summed E-state index contributed by atoms with van der Waals surface area (Å²) in [6.07, 6.45) is 2.19. The minimum Gasteiger partial charge on any atom is -0.506 e. The number of aromatic hydroxyl groups is 1. The number of methoxy groups -OCH3 is 1. The van der Waals surface area contributed by atoms with E-state index in [0.29, 0.717) is 30.0 Å². The minimum atomic E-state index is -0.315. The van der Waals surface area contributed by atoms with Crippen molar-refractivity contribution >= 4 is 40.6 Å². The maximum Gasteiger partial charge on any atom is 0.293 e. The predicted molar refractivity (Wildman–Crippen MR) is 82.3 cm³/mol. The van der Waals surface area contributed by atoms with Crippen LogP contribution in [0.3, 0.4) is 0 Å². The van der Waals surface area contributed by atoms with E-state index in [-0.39, 0.29) is 21.9 Å². The highest BCUT2D eigenvalue weighted by atomic mass is 35.5. The zero-order valence-electron chi connectivity index (χ0n) is 11.3. The van der Waals surface area contributed by atoms with Crippen molar-refractivity contribution in [2.75, 3.05) is 20.3 Å². The van der Waals surface area contributed by atoms with Crippen LogP contribution in [0.15, 0.2) is 23.1 Å². The highest BCUT2D eigenvalue weighted by Crippen LogP contribution is 2.33. The molecule has 0 aliphatic carbocycles. The summed E-state index contributed by atoms with van der Waals surface area (Å²) in [5, 5.41) is 9.27. The molecule has 0 saturated carbocycles. The third kappa shape index (κ3) is 3.78. The number of benzene rings is 1. The summed E-state index contributed by atoms with van der Waals surface area (Å²) >= 11 is 6.71. The van der Waals surface area contributed by atoms with Gasteiger partial charge in [0.2, 0.25) is 0 Å². The molecule has 0 unspecified atom stereocenters. The largest absolute Gasteiger partial charge is 0.506 e. The molecule has 7 heteroatoms. The molecular formula is C14H14ClNO4S. The van der Waals surface area contributed by atoms with Gasteiger partial charge in [0.25, 0.3) is 11.1 Å². The molecule has 1 fully saturated rings. The second kappa shape index (κ2) is 6.98. The number of halogens is 1. The third-order valence-electron chi connectivity index (χ3n) is 2.87. The fraction of sp³-hybridized carbons (Fsp3) is 0.286. The number of rotatable bonds is 5. The molecule has 21 heavy (non-hydrogen) atoms. The van der Waals surface area contributed by atoms with Crippen LogP contribution in [-0.4, -0.2) is 41.4 Å². The first-order valence-electron chi connectivity index (χ1n) is 6.25. The lowest BCUT2D eigenvalue weighted by Gasteiger charge is -2.11. The normalized spacial score (nSPS) is 17.0. The second-order valence-electron chi connectivity index (χ2n) is 4.39. The van der Waals surface area contributed by atoms with E-state index in [1.165, 1.54) is 17.0 Å². The highest BCUT2D eigenvalue weighted by Gasteiger charge is 2.34. The molecule has 2 rings (SSSR count). The Morgan fingerprint density at radius 2 is 2.19 bits per heavy atom. The first-order valence-corrected chi connectivity index (χ1v) is 7.45. The monoisotopic (exact) mass is 327 g/mol. The van der Waals surface area contributed by atoms with E-state index < -0.39 is 0 Å². The number of imide groups is 1. The Kier molecular flexibility index (Phi) is 5.27. The summed E-state index contributed by atoms with van der Waals surface area (Å²) in [5.41, 5.74) is 0.653. The fourth-order valence-corrected chi connectivity index (χ4v) is 2.88. The van der Waals surface area contributed by atoms with Gasteiger partial charge in [0, 0.05) is 20.3 Å². The topological polar surface area (TPSA) is 66.8 Å². The Balaban J connectivity index is 2.13. The number of phenolic OH excluding ortho intramolecular Hbond substituents is 1. The number of amides is 2. The molecule has 1 aromatic rings. The smallest absolute Gasteiger partial charge is 0.293 e. The van der Waals surface area contributed by atoms with Crippen molar-refractivity contribution in [2.24, 2.45) is 0 Å². The van der Waals surface area contributed by atoms with E-state index in [9.17, 15) is 14.7 Å². The second-order valence-corrected chi connectivity index (χ2v) is 5.79. The Hall–Kier alpha value is -1.50. The highest BCUT2D eigenvalue weighted by molar-refractivity contribution is 8.18. The predicted octanol–water partition coefficient (Wildman–Crippen LogP) is 3.12. The molecule has 1 saturated heterocycles. The van der Waals surface area contributed by atoms with E-state index in [1.54, 1.807) is 19.3 Å². The van der Waals surface area contributed by atoms with E-state index in [0.717, 1.165) is 11.8 Å². The Morgan fingerprint density at radius 3 is 2.86 bits per heavy atom. The maximum atomic E-state index is 12.2. The van der Waals surface area contributed by atoms with Gasteiger partial charge in [-0.15, -0.1) is 0 Å². The molecule has 0 atom stereocenters. The number of carbonyl (C=O) groups excluding carboxylic acids is 2. The van der Waals surface area contributed by atoms with Gasteiger partial charge in [-0.05, 0) is 42.0 Å². The molecule has 0 spiro atoms. The van der Waals surface area contributed by atoms with Gasteiger partial charge < -0.3 is 9.84 Å². The summed E-state index contributed by atoms with van der Waals surface area (Å²) in [4.78, 5) is 25.5. The Morgan fingerprint density at radius 1 is 1.43 bits per heavy atom. The molecule has 0 bridgehead atoms. The summed E-state index contributed by atoms with van der Waals surface area (Å²) in [6.45, 7) is 0.834. The summed E-state index contributed by atoms with van der Waals surface area (Å²) in [6, 6.07) is 4.60. The average molecular weight is 328 g/mol. The number of hydrogen-bond acceptors (Lipinski definition) is 5. The van der Waals surface area contributed by atoms with Crippen molar-refractivity contribution in [1.82, 2.24) is 4.90 Å². The van der Waals surface area contributed by atoms with E-state index in [1.807, 2.05) is 0 Å². The lowest BCUT2D eigenvalue weighted by Crippen LogP contribution is -2.29. The van der Waals surface area contributed by atoms with Crippen LogP contribution in [0.5, 0.6) is 5.75 Å².